The summed E-state index contributed by atoms with van der Waals surface area (Å²) in [5, 5.41) is 3.03. The SMILES string of the molecule is C=C[C@@H](c1c(F)c(F)c(F)c(F)c1F)N1CCNCC1. The van der Waals surface area contributed by atoms with Crippen molar-refractivity contribution in [3.63, 3.8) is 0 Å². The van der Waals surface area contributed by atoms with E-state index < -0.39 is 40.7 Å². The minimum Gasteiger partial charge on any atom is -0.314 e. The van der Waals surface area contributed by atoms with E-state index in [0.29, 0.717) is 26.2 Å². The fourth-order valence-electron chi connectivity index (χ4n) is 2.29. The Balaban J connectivity index is 2.51. The molecule has 0 bridgehead atoms. The number of nitrogens with one attached hydrogen (secondary N) is 1. The first-order chi connectivity index (χ1) is 9.49. The lowest BCUT2D eigenvalue weighted by atomic mass is 10.0. The third kappa shape index (κ3) is 2.43. The molecule has 2 nitrogen and oxygen atoms in total. The number of nitrogens with zero attached hydrogens (tertiary/aromatic N) is 1. The van der Waals surface area contributed by atoms with E-state index in [1.165, 1.54) is 6.08 Å². The number of hydrogen-bond donors (Lipinski definition) is 1. The molecule has 1 aliphatic heterocycles. The Kier molecular flexibility index (Phi) is 4.39. The second-order valence-electron chi connectivity index (χ2n) is 4.45. The van der Waals surface area contributed by atoms with Crippen molar-refractivity contribution >= 4 is 0 Å². The maximum Gasteiger partial charge on any atom is 0.200 e. The van der Waals surface area contributed by atoms with Crippen LogP contribution in [0, 0.1) is 29.1 Å². The van der Waals surface area contributed by atoms with Crippen molar-refractivity contribution in [2.75, 3.05) is 26.2 Å². The highest BCUT2D eigenvalue weighted by Crippen LogP contribution is 2.31. The second kappa shape index (κ2) is 5.88. The summed E-state index contributed by atoms with van der Waals surface area (Å²) >= 11 is 0. The topological polar surface area (TPSA) is 15.3 Å². The van der Waals surface area contributed by atoms with Gasteiger partial charge in [-0.05, 0) is 0 Å². The van der Waals surface area contributed by atoms with Gasteiger partial charge in [0.15, 0.2) is 23.3 Å². The van der Waals surface area contributed by atoms with Crippen molar-refractivity contribution in [1.82, 2.24) is 10.2 Å². The maximum atomic E-state index is 13.8. The number of benzene rings is 1. The summed E-state index contributed by atoms with van der Waals surface area (Å²) in [7, 11) is 0. The molecule has 1 atom stereocenters. The number of hydrogen-bond acceptors (Lipinski definition) is 2. The van der Waals surface area contributed by atoms with Gasteiger partial charge in [-0.25, -0.2) is 22.0 Å². The maximum absolute atomic E-state index is 13.8. The van der Waals surface area contributed by atoms with E-state index in [2.05, 4.69) is 11.9 Å². The van der Waals surface area contributed by atoms with Crippen LogP contribution in [0.3, 0.4) is 0 Å². The van der Waals surface area contributed by atoms with Crippen LogP contribution in [0.2, 0.25) is 0 Å². The predicted molar refractivity (Wildman–Crippen MR) is 63.6 cm³/mol. The van der Waals surface area contributed by atoms with Gasteiger partial charge in [-0.15, -0.1) is 6.58 Å². The average Bonchev–Trinajstić information content (AvgIpc) is 2.48. The molecule has 0 aliphatic carbocycles. The summed E-state index contributed by atoms with van der Waals surface area (Å²) in [4.78, 5) is 1.61. The molecule has 110 valence electrons. The molecule has 0 amide bonds. The number of piperazine rings is 1. The van der Waals surface area contributed by atoms with Gasteiger partial charge >= 0.3 is 0 Å². The number of halogens is 5. The van der Waals surface area contributed by atoms with E-state index in [9.17, 15) is 22.0 Å². The van der Waals surface area contributed by atoms with E-state index in [0.717, 1.165) is 0 Å². The van der Waals surface area contributed by atoms with Crippen molar-refractivity contribution in [1.29, 1.82) is 0 Å². The van der Waals surface area contributed by atoms with E-state index in [1.54, 1.807) is 4.90 Å². The average molecular weight is 292 g/mol. The van der Waals surface area contributed by atoms with Gasteiger partial charge in [-0.2, -0.15) is 0 Å². The van der Waals surface area contributed by atoms with E-state index in [4.69, 9.17) is 0 Å². The quantitative estimate of drug-likeness (QED) is 0.398. The molecule has 0 unspecified atom stereocenters. The molecule has 1 N–H and O–H groups in total. The van der Waals surface area contributed by atoms with Crippen LogP contribution >= 0.6 is 0 Å². The summed E-state index contributed by atoms with van der Waals surface area (Å²) in [6.07, 6.45) is 1.18. The van der Waals surface area contributed by atoms with Crippen LogP contribution in [0.1, 0.15) is 11.6 Å². The predicted octanol–water partition coefficient (Wildman–Crippen LogP) is 2.51. The smallest absolute Gasteiger partial charge is 0.200 e. The Morgan fingerprint density at radius 3 is 1.80 bits per heavy atom. The van der Waals surface area contributed by atoms with Crippen molar-refractivity contribution in [2.45, 2.75) is 6.04 Å². The Morgan fingerprint density at radius 1 is 0.900 bits per heavy atom. The Hall–Kier alpha value is -1.47. The molecule has 1 aromatic rings. The highest BCUT2D eigenvalue weighted by molar-refractivity contribution is 5.29. The van der Waals surface area contributed by atoms with Crippen LogP contribution in [-0.4, -0.2) is 31.1 Å². The lowest BCUT2D eigenvalue weighted by molar-refractivity contribution is 0.193. The highest BCUT2D eigenvalue weighted by Gasteiger charge is 2.32. The molecule has 7 heteroatoms. The fraction of sp³-hybridized carbons (Fsp3) is 0.385. The Bertz CT molecular complexity index is 497. The van der Waals surface area contributed by atoms with E-state index in [-0.39, 0.29) is 0 Å². The van der Waals surface area contributed by atoms with Crippen LogP contribution in [0.4, 0.5) is 22.0 Å². The van der Waals surface area contributed by atoms with Crippen LogP contribution < -0.4 is 5.32 Å². The molecule has 1 aromatic carbocycles. The molecule has 0 spiro atoms. The molecule has 2 rings (SSSR count). The van der Waals surface area contributed by atoms with Crippen LogP contribution in [-0.2, 0) is 0 Å². The Labute approximate surface area is 112 Å². The molecule has 1 heterocycles. The van der Waals surface area contributed by atoms with Gasteiger partial charge < -0.3 is 5.32 Å². The zero-order chi connectivity index (χ0) is 14.9. The Morgan fingerprint density at radius 2 is 1.35 bits per heavy atom. The summed E-state index contributed by atoms with van der Waals surface area (Å²) in [6.45, 7) is 5.43. The fourth-order valence-corrected chi connectivity index (χ4v) is 2.29. The summed E-state index contributed by atoms with van der Waals surface area (Å²) in [6, 6.07) is -1.05. The summed E-state index contributed by atoms with van der Waals surface area (Å²) < 4.78 is 67.1. The van der Waals surface area contributed by atoms with Gasteiger partial charge in [0, 0.05) is 26.2 Å². The third-order valence-electron chi connectivity index (χ3n) is 3.31. The minimum atomic E-state index is -2.15. The first kappa shape index (κ1) is 14.9. The molecule has 0 aromatic heterocycles. The zero-order valence-electron chi connectivity index (χ0n) is 10.5. The minimum absolute atomic E-state index is 0.427. The van der Waals surface area contributed by atoms with Crippen molar-refractivity contribution in [3.05, 3.63) is 47.3 Å². The van der Waals surface area contributed by atoms with E-state index >= 15 is 0 Å². The van der Waals surface area contributed by atoms with Crippen molar-refractivity contribution in [3.8, 4) is 0 Å². The van der Waals surface area contributed by atoms with Gasteiger partial charge in [0.1, 0.15) is 0 Å². The molecule has 0 radical (unpaired) electrons. The van der Waals surface area contributed by atoms with Crippen LogP contribution in [0.15, 0.2) is 12.7 Å². The largest absolute Gasteiger partial charge is 0.314 e. The van der Waals surface area contributed by atoms with Gasteiger partial charge in [0.05, 0.1) is 11.6 Å². The molecule has 20 heavy (non-hydrogen) atoms. The second-order valence-corrected chi connectivity index (χ2v) is 4.45. The molecule has 0 saturated carbocycles. The zero-order valence-corrected chi connectivity index (χ0v) is 10.5. The van der Waals surface area contributed by atoms with Crippen LogP contribution in [0.25, 0.3) is 0 Å². The molecule has 1 aliphatic rings. The van der Waals surface area contributed by atoms with Gasteiger partial charge in [0.2, 0.25) is 5.82 Å². The lowest BCUT2D eigenvalue weighted by Crippen LogP contribution is -2.45. The van der Waals surface area contributed by atoms with Gasteiger partial charge in [-0.1, -0.05) is 6.08 Å². The van der Waals surface area contributed by atoms with Crippen LogP contribution in [0.5, 0.6) is 0 Å². The summed E-state index contributed by atoms with van der Waals surface area (Å²) in [5.41, 5.74) is -0.849. The third-order valence-corrected chi connectivity index (χ3v) is 3.31. The first-order valence-electron chi connectivity index (χ1n) is 6.07. The molecular formula is C13H13F5N2. The lowest BCUT2D eigenvalue weighted by Gasteiger charge is -2.33. The molecule has 1 saturated heterocycles. The normalized spacial score (nSPS) is 18.1. The van der Waals surface area contributed by atoms with Crippen molar-refractivity contribution < 1.29 is 22.0 Å². The monoisotopic (exact) mass is 292 g/mol. The standard InChI is InChI=1S/C13H13F5N2/c1-2-7(20-5-3-19-4-6-20)8-9(14)11(16)13(18)12(17)10(8)15/h2,7,19H,1,3-6H2/t7-/m0/s1. The highest BCUT2D eigenvalue weighted by atomic mass is 19.2. The molecular weight excluding hydrogens is 279 g/mol. The first-order valence-corrected chi connectivity index (χ1v) is 6.07. The summed E-state index contributed by atoms with van der Waals surface area (Å²) in [5.74, 6) is -9.61. The van der Waals surface area contributed by atoms with Gasteiger partial charge in [-0.3, -0.25) is 4.90 Å². The van der Waals surface area contributed by atoms with Gasteiger partial charge in [0.25, 0.3) is 0 Å². The number of rotatable bonds is 3. The molecule has 1 fully saturated rings. The van der Waals surface area contributed by atoms with E-state index in [1.807, 2.05) is 0 Å². The van der Waals surface area contributed by atoms with Crippen molar-refractivity contribution in [2.24, 2.45) is 0 Å².